The Labute approximate surface area is 207 Å². The average Bonchev–Trinajstić information content (AvgIpc) is 3.37. The molecule has 2 amide bonds. The fourth-order valence-corrected chi connectivity index (χ4v) is 5.77. The largest absolute Gasteiger partial charge is 0.502 e. The van der Waals surface area contributed by atoms with Crippen LogP contribution in [0.25, 0.3) is 0 Å². The Kier molecular flexibility index (Phi) is 6.31. The highest BCUT2D eigenvalue weighted by atomic mass is 35.5. The van der Waals surface area contributed by atoms with E-state index in [1.54, 1.807) is 11.9 Å². The van der Waals surface area contributed by atoms with Gasteiger partial charge in [0.05, 0.1) is 10.6 Å². The van der Waals surface area contributed by atoms with E-state index < -0.39 is 23.0 Å². The standard InChI is InChI=1S/C25H28ClFN4O4/c1-28-14-16(29-8-2-3-9-29)6-11-31-21(24(28)34)17-7-10-30(23(33)20(17)22(32)25(31)35)13-15-4-5-19(27)18(26)12-15/h4-5,12,16,32H,2-3,6-11,13-14H2,1H3. The molecule has 3 aliphatic rings. The first kappa shape index (κ1) is 23.8. The minimum atomic E-state index is -0.720. The molecular formula is C25H28ClFN4O4. The maximum absolute atomic E-state index is 13.5. The second kappa shape index (κ2) is 9.28. The second-order valence-electron chi connectivity index (χ2n) is 9.60. The Balaban J connectivity index is 1.50. The van der Waals surface area contributed by atoms with Crippen LogP contribution >= 0.6 is 11.6 Å². The number of carbonyl (C=O) groups is 2. The van der Waals surface area contributed by atoms with E-state index in [1.807, 2.05) is 0 Å². The van der Waals surface area contributed by atoms with E-state index >= 15 is 0 Å². The molecule has 3 aliphatic heterocycles. The van der Waals surface area contributed by atoms with Crippen molar-refractivity contribution in [1.29, 1.82) is 0 Å². The number of aromatic nitrogens is 1. The highest BCUT2D eigenvalue weighted by Crippen LogP contribution is 2.31. The highest BCUT2D eigenvalue weighted by Gasteiger charge is 2.37. The second-order valence-corrected chi connectivity index (χ2v) is 10.0. The molecule has 0 radical (unpaired) electrons. The maximum Gasteiger partial charge on any atom is 0.294 e. The molecule has 5 rings (SSSR count). The Morgan fingerprint density at radius 3 is 2.54 bits per heavy atom. The quantitative estimate of drug-likeness (QED) is 0.697. The summed E-state index contributed by atoms with van der Waals surface area (Å²) in [5.41, 5.74) is 0.404. The van der Waals surface area contributed by atoms with Gasteiger partial charge in [0.15, 0.2) is 5.75 Å². The Hall–Kier alpha value is -2.91. The van der Waals surface area contributed by atoms with Gasteiger partial charge in [-0.05, 0) is 56.5 Å². The number of hydrogen-bond donors (Lipinski definition) is 1. The molecule has 0 aliphatic carbocycles. The van der Waals surface area contributed by atoms with Crippen molar-refractivity contribution in [2.24, 2.45) is 0 Å². The van der Waals surface area contributed by atoms with Gasteiger partial charge in [-0.1, -0.05) is 17.7 Å². The third kappa shape index (κ3) is 4.21. The third-order valence-corrected chi connectivity index (χ3v) is 7.70. The maximum atomic E-state index is 13.5. The molecule has 35 heavy (non-hydrogen) atoms. The Bertz CT molecular complexity index is 1260. The number of hydrogen-bond acceptors (Lipinski definition) is 5. The summed E-state index contributed by atoms with van der Waals surface area (Å²) < 4.78 is 14.9. The normalized spacial score (nSPS) is 21.1. The highest BCUT2D eigenvalue weighted by molar-refractivity contribution is 6.30. The van der Waals surface area contributed by atoms with Crippen molar-refractivity contribution in [1.82, 2.24) is 19.3 Å². The molecule has 1 saturated heterocycles. The predicted molar refractivity (Wildman–Crippen MR) is 128 cm³/mol. The van der Waals surface area contributed by atoms with Crippen LogP contribution in [0.4, 0.5) is 4.39 Å². The van der Waals surface area contributed by atoms with E-state index in [1.165, 1.54) is 27.7 Å². The lowest BCUT2D eigenvalue weighted by molar-refractivity contribution is 0.0687. The van der Waals surface area contributed by atoms with Crippen molar-refractivity contribution < 1.29 is 19.1 Å². The van der Waals surface area contributed by atoms with Gasteiger partial charge in [0, 0.05) is 44.8 Å². The van der Waals surface area contributed by atoms with Crippen molar-refractivity contribution >= 4 is 23.4 Å². The zero-order chi connectivity index (χ0) is 24.9. The number of pyridine rings is 1. The monoisotopic (exact) mass is 502 g/mol. The number of carbonyl (C=O) groups excluding carboxylic acids is 2. The number of benzene rings is 1. The molecule has 1 aromatic carbocycles. The molecule has 1 unspecified atom stereocenters. The summed E-state index contributed by atoms with van der Waals surface area (Å²) in [5.74, 6) is -2.01. The molecule has 4 heterocycles. The van der Waals surface area contributed by atoms with E-state index in [2.05, 4.69) is 4.90 Å². The molecular weight excluding hydrogens is 475 g/mol. The summed E-state index contributed by atoms with van der Waals surface area (Å²) in [5, 5.41) is 10.8. The number of halogens is 2. The summed E-state index contributed by atoms with van der Waals surface area (Å²) in [6.45, 7) is 3.25. The third-order valence-electron chi connectivity index (χ3n) is 7.41. The Morgan fingerprint density at radius 2 is 1.83 bits per heavy atom. The van der Waals surface area contributed by atoms with Crippen molar-refractivity contribution in [2.75, 3.05) is 33.2 Å². The molecule has 0 spiro atoms. The molecule has 8 nitrogen and oxygen atoms in total. The van der Waals surface area contributed by atoms with Crippen LogP contribution in [0.1, 0.15) is 51.2 Å². The van der Waals surface area contributed by atoms with Gasteiger partial charge in [-0.25, -0.2) is 4.39 Å². The molecule has 0 bridgehead atoms. The van der Waals surface area contributed by atoms with Crippen molar-refractivity contribution in [3.8, 4) is 5.75 Å². The van der Waals surface area contributed by atoms with Gasteiger partial charge >= 0.3 is 0 Å². The van der Waals surface area contributed by atoms with Gasteiger partial charge in [-0.15, -0.1) is 0 Å². The summed E-state index contributed by atoms with van der Waals surface area (Å²) in [4.78, 5) is 45.6. The lowest BCUT2D eigenvalue weighted by atomic mass is 9.94. The summed E-state index contributed by atoms with van der Waals surface area (Å²) in [6.07, 6.45) is 3.24. The van der Waals surface area contributed by atoms with Crippen LogP contribution in [0.3, 0.4) is 0 Å². The summed E-state index contributed by atoms with van der Waals surface area (Å²) >= 11 is 5.88. The average molecular weight is 503 g/mol. The summed E-state index contributed by atoms with van der Waals surface area (Å²) in [7, 11) is 1.72. The molecule has 2 aromatic rings. The van der Waals surface area contributed by atoms with Crippen molar-refractivity contribution in [3.63, 3.8) is 0 Å². The zero-order valence-electron chi connectivity index (χ0n) is 19.6. The van der Waals surface area contributed by atoms with Crippen molar-refractivity contribution in [3.05, 3.63) is 61.8 Å². The molecule has 1 aromatic heterocycles. The first-order valence-corrected chi connectivity index (χ1v) is 12.4. The van der Waals surface area contributed by atoms with Gasteiger partial charge in [0.1, 0.15) is 11.5 Å². The molecule has 1 fully saturated rings. The topological polar surface area (TPSA) is 86.1 Å². The fourth-order valence-electron chi connectivity index (χ4n) is 5.56. The van der Waals surface area contributed by atoms with Gasteiger partial charge < -0.3 is 19.5 Å². The van der Waals surface area contributed by atoms with Crippen LogP contribution < -0.4 is 5.56 Å². The fraction of sp³-hybridized carbons (Fsp3) is 0.480. The van der Waals surface area contributed by atoms with Gasteiger partial charge in [0.25, 0.3) is 17.4 Å². The lowest BCUT2D eigenvalue weighted by Gasteiger charge is -2.36. The smallest absolute Gasteiger partial charge is 0.294 e. The minimum Gasteiger partial charge on any atom is -0.502 e. The van der Waals surface area contributed by atoms with Crippen LogP contribution in [-0.4, -0.2) is 75.5 Å². The molecule has 1 atom stereocenters. The van der Waals surface area contributed by atoms with Crippen LogP contribution in [0.2, 0.25) is 5.02 Å². The predicted octanol–water partition coefficient (Wildman–Crippen LogP) is 2.49. The van der Waals surface area contributed by atoms with Crippen LogP contribution in [0, 0.1) is 5.82 Å². The SMILES string of the molecule is CN1CC(N2CCCC2)CCn2c(c3c(c(O)c2=O)C(=O)N(Cc2ccc(F)c(Cl)c2)CC3)C1=O. The Morgan fingerprint density at radius 1 is 1.09 bits per heavy atom. The number of aromatic hydroxyl groups is 1. The van der Waals surface area contributed by atoms with Crippen molar-refractivity contribution in [2.45, 2.75) is 44.8 Å². The zero-order valence-corrected chi connectivity index (χ0v) is 20.4. The molecule has 186 valence electrons. The number of amides is 2. The number of likely N-dealkylation sites (N-methyl/N-ethyl adjacent to an activating group) is 1. The molecule has 1 N–H and O–H groups in total. The van der Waals surface area contributed by atoms with E-state index in [0.717, 1.165) is 25.9 Å². The lowest BCUT2D eigenvalue weighted by Crippen LogP contribution is -2.49. The van der Waals surface area contributed by atoms with E-state index in [9.17, 15) is 23.9 Å². The number of rotatable bonds is 3. The van der Waals surface area contributed by atoms with E-state index in [-0.39, 0.29) is 34.8 Å². The molecule has 0 saturated carbocycles. The van der Waals surface area contributed by atoms with Crippen LogP contribution in [0.15, 0.2) is 23.0 Å². The summed E-state index contributed by atoms with van der Waals surface area (Å²) in [6, 6.07) is 4.36. The van der Waals surface area contributed by atoms with Crippen LogP contribution in [0.5, 0.6) is 5.75 Å². The minimum absolute atomic E-state index is 0.0456. The van der Waals surface area contributed by atoms with Gasteiger partial charge in [-0.2, -0.15) is 0 Å². The first-order valence-electron chi connectivity index (χ1n) is 12.0. The van der Waals surface area contributed by atoms with E-state index in [0.29, 0.717) is 43.6 Å². The van der Waals surface area contributed by atoms with Crippen LogP contribution in [-0.2, 0) is 19.5 Å². The van der Waals surface area contributed by atoms with Gasteiger partial charge in [0.2, 0.25) is 0 Å². The molecule has 10 heteroatoms. The number of likely N-dealkylation sites (tertiary alicyclic amines) is 1. The van der Waals surface area contributed by atoms with E-state index in [4.69, 9.17) is 11.6 Å². The number of fused-ring (bicyclic) bond motifs is 3. The first-order chi connectivity index (χ1) is 16.8. The number of nitrogens with zero attached hydrogens (tertiary/aromatic N) is 4. The van der Waals surface area contributed by atoms with Gasteiger partial charge in [-0.3, -0.25) is 19.3 Å².